The predicted molar refractivity (Wildman–Crippen MR) is 114 cm³/mol. The number of aliphatic imine (C=N–C) groups is 1. The smallest absolute Gasteiger partial charge is 0.352 e. The summed E-state index contributed by atoms with van der Waals surface area (Å²) in [6, 6.07) is 4.95. The number of rotatable bonds is 3. The minimum Gasteiger partial charge on any atom is -0.352 e. The van der Waals surface area contributed by atoms with Crippen LogP contribution in [0.15, 0.2) is 41.7 Å². The van der Waals surface area contributed by atoms with E-state index in [9.17, 15) is 18.0 Å². The molecule has 0 radical (unpaired) electrons. The summed E-state index contributed by atoms with van der Waals surface area (Å²) in [5, 5.41) is 7.18. The molecule has 0 bridgehead atoms. The zero-order valence-corrected chi connectivity index (χ0v) is 18.3. The summed E-state index contributed by atoms with van der Waals surface area (Å²) < 4.78 is 39.6. The van der Waals surface area contributed by atoms with Gasteiger partial charge in [0.15, 0.2) is 5.96 Å². The lowest BCUT2D eigenvalue weighted by Gasteiger charge is -2.35. The molecule has 2 aromatic rings. The van der Waals surface area contributed by atoms with E-state index >= 15 is 0 Å². The molecule has 1 aromatic carbocycles. The van der Waals surface area contributed by atoms with E-state index < -0.39 is 11.7 Å². The van der Waals surface area contributed by atoms with Crippen molar-refractivity contribution in [2.75, 3.05) is 31.6 Å². The number of nitrogens with one attached hydrogen (secondary N) is 1. The number of halogens is 4. The number of hydrogen-bond acceptors (Lipinski definition) is 3. The number of nitrogens with zero attached hydrogens (tertiary/aromatic N) is 5. The first-order valence-electron chi connectivity index (χ1n) is 8.68. The Morgan fingerprint density at radius 3 is 2.45 bits per heavy atom. The van der Waals surface area contributed by atoms with Crippen LogP contribution in [0.2, 0.25) is 0 Å². The number of carbonyl (C=O) groups excluding carboxylic acids is 1. The van der Waals surface area contributed by atoms with Crippen LogP contribution in [-0.2, 0) is 24.6 Å². The Hall–Kier alpha value is -2.31. The standard InChI is InChI=1S/C18H21F3N6O.HI/c1-22-17(23-9-13-3-5-14(6-4-13)18(19,20)21)26-7-8-27(16(28)12-26)15-10-24-25(2)11-15;/h3-6,10-11H,7-9,12H2,1-2H3,(H,22,23);1H. The molecule has 11 heteroatoms. The summed E-state index contributed by atoms with van der Waals surface area (Å²) in [7, 11) is 3.39. The molecule has 1 N–H and O–H groups in total. The third-order valence-corrected chi connectivity index (χ3v) is 4.47. The Bertz CT molecular complexity index is 865. The maximum absolute atomic E-state index is 12.6. The van der Waals surface area contributed by atoms with Crippen LogP contribution in [0.1, 0.15) is 11.1 Å². The highest BCUT2D eigenvalue weighted by Crippen LogP contribution is 2.29. The van der Waals surface area contributed by atoms with Crippen LogP contribution >= 0.6 is 24.0 Å². The zero-order chi connectivity index (χ0) is 20.3. The van der Waals surface area contributed by atoms with Crippen LogP contribution in [0.5, 0.6) is 0 Å². The number of aryl methyl sites for hydroxylation is 1. The first-order valence-corrected chi connectivity index (χ1v) is 8.68. The molecule has 2 heterocycles. The van der Waals surface area contributed by atoms with Crippen molar-refractivity contribution in [3.05, 3.63) is 47.8 Å². The molecular weight excluding hydrogens is 500 g/mol. The highest BCUT2D eigenvalue weighted by Gasteiger charge is 2.30. The molecule has 0 unspecified atom stereocenters. The van der Waals surface area contributed by atoms with Crippen molar-refractivity contribution in [1.82, 2.24) is 20.0 Å². The average Bonchev–Trinajstić information content (AvgIpc) is 3.08. The fraction of sp³-hybridized carbons (Fsp3) is 0.389. The van der Waals surface area contributed by atoms with Crippen molar-refractivity contribution in [2.24, 2.45) is 12.0 Å². The molecule has 1 saturated heterocycles. The summed E-state index contributed by atoms with van der Waals surface area (Å²) in [6.07, 6.45) is -0.924. The quantitative estimate of drug-likeness (QED) is 0.383. The lowest BCUT2D eigenvalue weighted by molar-refractivity contribution is -0.137. The normalized spacial score (nSPS) is 15.3. The van der Waals surface area contributed by atoms with Crippen molar-refractivity contribution >= 4 is 41.5 Å². The molecule has 7 nitrogen and oxygen atoms in total. The molecule has 1 aliphatic heterocycles. The second-order valence-electron chi connectivity index (χ2n) is 6.43. The van der Waals surface area contributed by atoms with Gasteiger partial charge >= 0.3 is 6.18 Å². The molecule has 3 rings (SSSR count). The van der Waals surface area contributed by atoms with Gasteiger partial charge in [0.05, 0.1) is 17.4 Å². The van der Waals surface area contributed by atoms with Gasteiger partial charge in [-0.15, -0.1) is 24.0 Å². The van der Waals surface area contributed by atoms with Gasteiger partial charge in [-0.3, -0.25) is 14.5 Å². The van der Waals surface area contributed by atoms with E-state index in [0.29, 0.717) is 31.2 Å². The summed E-state index contributed by atoms with van der Waals surface area (Å²) in [5.41, 5.74) is 0.757. The number of aromatic nitrogens is 2. The second-order valence-corrected chi connectivity index (χ2v) is 6.43. The van der Waals surface area contributed by atoms with Crippen LogP contribution in [0.3, 0.4) is 0 Å². The van der Waals surface area contributed by atoms with Gasteiger partial charge in [-0.2, -0.15) is 18.3 Å². The Morgan fingerprint density at radius 2 is 1.93 bits per heavy atom. The number of piperazine rings is 1. The van der Waals surface area contributed by atoms with Crippen LogP contribution in [0.4, 0.5) is 18.9 Å². The molecule has 1 amide bonds. The van der Waals surface area contributed by atoms with E-state index in [1.54, 1.807) is 36.1 Å². The number of amides is 1. The highest BCUT2D eigenvalue weighted by molar-refractivity contribution is 14.0. The topological polar surface area (TPSA) is 65.8 Å². The van der Waals surface area contributed by atoms with Crippen molar-refractivity contribution in [3.63, 3.8) is 0 Å². The second kappa shape index (κ2) is 9.46. The number of alkyl halides is 3. The van der Waals surface area contributed by atoms with E-state index in [1.807, 2.05) is 4.90 Å². The SMILES string of the molecule is CN=C(NCc1ccc(C(F)(F)F)cc1)N1CCN(c2cnn(C)c2)C(=O)C1.I. The van der Waals surface area contributed by atoms with Crippen LogP contribution in [-0.4, -0.2) is 53.2 Å². The van der Waals surface area contributed by atoms with Gasteiger partial charge in [0, 0.05) is 39.9 Å². The predicted octanol–water partition coefficient (Wildman–Crippen LogP) is 2.48. The molecule has 0 saturated carbocycles. The number of carbonyl (C=O) groups is 1. The van der Waals surface area contributed by atoms with Crippen LogP contribution in [0.25, 0.3) is 0 Å². The molecule has 29 heavy (non-hydrogen) atoms. The van der Waals surface area contributed by atoms with Crippen molar-refractivity contribution < 1.29 is 18.0 Å². The maximum atomic E-state index is 12.6. The van der Waals surface area contributed by atoms with E-state index in [1.165, 1.54) is 12.1 Å². The molecule has 158 valence electrons. The molecule has 1 aliphatic rings. The lowest BCUT2D eigenvalue weighted by Crippen LogP contribution is -2.55. The van der Waals surface area contributed by atoms with Gasteiger partial charge < -0.3 is 15.1 Å². The molecule has 0 atom stereocenters. The molecule has 1 aromatic heterocycles. The van der Waals surface area contributed by atoms with Crippen molar-refractivity contribution in [2.45, 2.75) is 12.7 Å². The van der Waals surface area contributed by atoms with Crippen LogP contribution in [0, 0.1) is 0 Å². The number of benzene rings is 1. The average molecular weight is 522 g/mol. The molecule has 0 aliphatic carbocycles. The third-order valence-electron chi connectivity index (χ3n) is 4.47. The minimum absolute atomic E-state index is 0. The number of hydrogen-bond donors (Lipinski definition) is 1. The number of anilines is 1. The summed E-state index contributed by atoms with van der Waals surface area (Å²) in [4.78, 5) is 20.2. The van der Waals surface area contributed by atoms with E-state index in [0.717, 1.165) is 17.8 Å². The first kappa shape index (κ1) is 23.0. The highest BCUT2D eigenvalue weighted by atomic mass is 127. The van der Waals surface area contributed by atoms with Gasteiger partial charge in [0.25, 0.3) is 0 Å². The van der Waals surface area contributed by atoms with Crippen LogP contribution < -0.4 is 10.2 Å². The Morgan fingerprint density at radius 1 is 1.24 bits per heavy atom. The zero-order valence-electron chi connectivity index (χ0n) is 16.0. The monoisotopic (exact) mass is 522 g/mol. The summed E-state index contributed by atoms with van der Waals surface area (Å²) in [5.74, 6) is 0.454. The molecule has 0 spiro atoms. The fourth-order valence-corrected chi connectivity index (χ4v) is 3.00. The lowest BCUT2D eigenvalue weighted by atomic mass is 10.1. The Balaban J connectivity index is 0.00000300. The first-order chi connectivity index (χ1) is 13.3. The van der Waals surface area contributed by atoms with Gasteiger partial charge in [0.1, 0.15) is 6.54 Å². The fourth-order valence-electron chi connectivity index (χ4n) is 3.00. The Kier molecular flexibility index (Phi) is 7.49. The van der Waals surface area contributed by atoms with E-state index in [4.69, 9.17) is 0 Å². The van der Waals surface area contributed by atoms with Gasteiger partial charge in [-0.1, -0.05) is 12.1 Å². The van der Waals surface area contributed by atoms with Crippen molar-refractivity contribution in [3.8, 4) is 0 Å². The summed E-state index contributed by atoms with van der Waals surface area (Å²) >= 11 is 0. The summed E-state index contributed by atoms with van der Waals surface area (Å²) in [6.45, 7) is 1.53. The minimum atomic E-state index is -4.35. The van der Waals surface area contributed by atoms with Gasteiger partial charge in [-0.05, 0) is 17.7 Å². The largest absolute Gasteiger partial charge is 0.416 e. The Labute approximate surface area is 183 Å². The molecule has 1 fully saturated rings. The van der Waals surface area contributed by atoms with Crippen molar-refractivity contribution in [1.29, 1.82) is 0 Å². The van der Waals surface area contributed by atoms with E-state index in [2.05, 4.69) is 15.4 Å². The van der Waals surface area contributed by atoms with E-state index in [-0.39, 0.29) is 36.4 Å². The number of guanidine groups is 1. The maximum Gasteiger partial charge on any atom is 0.416 e. The van der Waals surface area contributed by atoms with Gasteiger partial charge in [0.2, 0.25) is 5.91 Å². The third kappa shape index (κ3) is 5.61. The molecular formula is C18H22F3IN6O. The van der Waals surface area contributed by atoms with Gasteiger partial charge in [-0.25, -0.2) is 0 Å².